The van der Waals surface area contributed by atoms with Crippen molar-refractivity contribution in [1.29, 1.82) is 0 Å². The molecular weight excluding hydrogens is 240 g/mol. The highest BCUT2D eigenvalue weighted by Crippen LogP contribution is 2.39. The van der Waals surface area contributed by atoms with Crippen LogP contribution in [-0.2, 0) is 9.59 Å². The molecule has 2 heterocycles. The second kappa shape index (κ2) is 3.70. The average molecular weight is 249 g/mol. The number of carbonyl (C=O) groups is 2. The van der Waals surface area contributed by atoms with Gasteiger partial charge in [0.25, 0.3) is 0 Å². The van der Waals surface area contributed by atoms with Gasteiger partial charge in [0.2, 0.25) is 5.91 Å². The van der Waals surface area contributed by atoms with E-state index in [1.165, 1.54) is 16.7 Å². The quantitative estimate of drug-likeness (QED) is 0.523. The lowest BCUT2D eigenvalue weighted by atomic mass is 10.0. The molecule has 15 heavy (non-hydrogen) atoms. The largest absolute Gasteiger partial charge is 0.477 e. The van der Waals surface area contributed by atoms with Gasteiger partial charge in [-0.2, -0.15) is 0 Å². The van der Waals surface area contributed by atoms with Gasteiger partial charge in [-0.3, -0.25) is 9.69 Å². The number of halogens is 1. The zero-order chi connectivity index (χ0) is 11.2. The van der Waals surface area contributed by atoms with E-state index in [1.807, 2.05) is 0 Å². The van der Waals surface area contributed by atoms with E-state index < -0.39 is 12.0 Å². The molecule has 1 amide bonds. The van der Waals surface area contributed by atoms with E-state index in [1.54, 1.807) is 0 Å². The van der Waals surface area contributed by atoms with Gasteiger partial charge in [-0.05, 0) is 5.57 Å². The third-order valence-electron chi connectivity index (χ3n) is 2.45. The van der Waals surface area contributed by atoms with Crippen LogP contribution in [0.5, 0.6) is 0 Å². The zero-order valence-corrected chi connectivity index (χ0v) is 9.22. The first-order valence-corrected chi connectivity index (χ1v) is 5.87. The van der Waals surface area contributed by atoms with Gasteiger partial charge in [-0.15, -0.1) is 23.4 Å². The number of amides is 1. The Morgan fingerprint density at radius 3 is 2.93 bits per heavy atom. The fourth-order valence-electron chi connectivity index (χ4n) is 1.68. The van der Waals surface area contributed by atoms with Gasteiger partial charge in [0, 0.05) is 11.6 Å². The van der Waals surface area contributed by atoms with E-state index in [9.17, 15) is 9.59 Å². The minimum absolute atomic E-state index is 0.0143. The molecule has 0 aromatic rings. The second-order valence-electron chi connectivity index (χ2n) is 3.33. The minimum atomic E-state index is -1.11. The molecule has 0 aliphatic carbocycles. The average Bonchev–Trinajstić information content (AvgIpc) is 2.25. The summed E-state index contributed by atoms with van der Waals surface area (Å²) in [4.78, 5) is 23.7. The smallest absolute Gasteiger partial charge is 0.352 e. The lowest BCUT2D eigenvalue weighted by molar-refractivity contribution is -0.147. The summed E-state index contributed by atoms with van der Waals surface area (Å²) in [5, 5.41) is 8.77. The summed E-state index contributed by atoms with van der Waals surface area (Å²) in [6.45, 7) is 0. The number of rotatable bonds is 2. The minimum Gasteiger partial charge on any atom is -0.477 e. The van der Waals surface area contributed by atoms with Crippen molar-refractivity contribution in [3.05, 3.63) is 11.3 Å². The summed E-state index contributed by atoms with van der Waals surface area (Å²) in [6, 6.07) is -0.582. The molecule has 2 atom stereocenters. The maximum Gasteiger partial charge on any atom is 0.352 e. The van der Waals surface area contributed by atoms with Crippen molar-refractivity contribution >= 4 is 35.2 Å². The fourth-order valence-corrected chi connectivity index (χ4v) is 3.31. The standard InChI is InChI=1S/C8H9ClN2O3S/c9-1-3-2-15-7-4(10)6(12)11(7)5(3)8(13)14/h4,7H,1-2,10H2,(H,13,14). The SMILES string of the molecule is NC1C(=O)N2C(C(=O)O)=C(CCl)CSC12. The number of carboxylic acids is 1. The second-order valence-corrected chi connectivity index (χ2v) is 4.70. The van der Waals surface area contributed by atoms with E-state index in [0.717, 1.165) is 0 Å². The Labute approximate surface area is 95.2 Å². The van der Waals surface area contributed by atoms with E-state index in [-0.39, 0.29) is 22.9 Å². The monoisotopic (exact) mass is 248 g/mol. The first kappa shape index (κ1) is 10.8. The van der Waals surface area contributed by atoms with Crippen molar-refractivity contribution in [1.82, 2.24) is 4.90 Å². The van der Waals surface area contributed by atoms with Crippen LogP contribution in [0.3, 0.4) is 0 Å². The number of hydrogen-bond acceptors (Lipinski definition) is 4. The van der Waals surface area contributed by atoms with Gasteiger partial charge < -0.3 is 10.8 Å². The molecule has 2 unspecified atom stereocenters. The molecule has 0 spiro atoms. The highest BCUT2D eigenvalue weighted by Gasteiger charge is 2.51. The maximum atomic E-state index is 11.4. The number of alkyl halides is 1. The van der Waals surface area contributed by atoms with Crippen LogP contribution in [0.4, 0.5) is 0 Å². The molecule has 0 saturated carbocycles. The van der Waals surface area contributed by atoms with Crippen molar-refractivity contribution in [3.8, 4) is 0 Å². The zero-order valence-electron chi connectivity index (χ0n) is 7.64. The third kappa shape index (κ3) is 1.44. The Morgan fingerprint density at radius 1 is 1.73 bits per heavy atom. The first-order valence-electron chi connectivity index (χ1n) is 4.29. The van der Waals surface area contributed by atoms with Gasteiger partial charge >= 0.3 is 5.97 Å². The molecule has 2 aliphatic rings. The molecule has 0 aromatic heterocycles. The Kier molecular flexibility index (Phi) is 2.66. The summed E-state index contributed by atoms with van der Waals surface area (Å²) in [7, 11) is 0. The van der Waals surface area contributed by atoms with Crippen LogP contribution in [0.1, 0.15) is 0 Å². The molecule has 0 aromatic carbocycles. The molecule has 3 N–H and O–H groups in total. The Hall–Kier alpha value is -0.720. The van der Waals surface area contributed by atoms with Gasteiger partial charge in [0.1, 0.15) is 17.1 Å². The van der Waals surface area contributed by atoms with Gasteiger partial charge in [0.15, 0.2) is 0 Å². The number of β-lactam (4-membered cyclic amide) rings is 1. The van der Waals surface area contributed by atoms with Crippen molar-refractivity contribution in [2.45, 2.75) is 11.4 Å². The van der Waals surface area contributed by atoms with Crippen LogP contribution in [0.25, 0.3) is 0 Å². The number of thioether (sulfide) groups is 1. The molecule has 1 fully saturated rings. The van der Waals surface area contributed by atoms with E-state index in [4.69, 9.17) is 22.4 Å². The lowest BCUT2D eigenvalue weighted by Gasteiger charge is -2.47. The summed E-state index contributed by atoms with van der Waals surface area (Å²) >= 11 is 7.09. The van der Waals surface area contributed by atoms with Crippen LogP contribution in [0, 0.1) is 0 Å². The Morgan fingerprint density at radius 2 is 2.40 bits per heavy atom. The summed E-state index contributed by atoms with van der Waals surface area (Å²) < 4.78 is 0. The summed E-state index contributed by atoms with van der Waals surface area (Å²) in [5.41, 5.74) is 6.15. The maximum absolute atomic E-state index is 11.4. The summed E-state index contributed by atoms with van der Waals surface area (Å²) in [5.74, 6) is -0.809. The van der Waals surface area contributed by atoms with E-state index in [0.29, 0.717) is 11.3 Å². The molecule has 0 bridgehead atoms. The Bertz CT molecular complexity index is 371. The molecule has 7 heteroatoms. The van der Waals surface area contributed by atoms with Crippen molar-refractivity contribution < 1.29 is 14.7 Å². The predicted molar refractivity (Wildman–Crippen MR) is 56.4 cm³/mol. The van der Waals surface area contributed by atoms with Gasteiger partial charge in [-0.25, -0.2) is 4.79 Å². The normalized spacial score (nSPS) is 30.0. The van der Waals surface area contributed by atoms with Crippen LogP contribution in [0.15, 0.2) is 11.3 Å². The van der Waals surface area contributed by atoms with Crippen LogP contribution in [0.2, 0.25) is 0 Å². The number of nitrogens with two attached hydrogens (primary N) is 1. The van der Waals surface area contributed by atoms with Crippen molar-refractivity contribution in [3.63, 3.8) is 0 Å². The van der Waals surface area contributed by atoms with Crippen molar-refractivity contribution in [2.24, 2.45) is 5.73 Å². The molecule has 2 rings (SSSR count). The highest BCUT2D eigenvalue weighted by atomic mass is 35.5. The van der Waals surface area contributed by atoms with E-state index in [2.05, 4.69) is 0 Å². The van der Waals surface area contributed by atoms with Gasteiger partial charge in [-0.1, -0.05) is 0 Å². The molecule has 0 radical (unpaired) electrons. The number of fused-ring (bicyclic) bond motifs is 1. The van der Waals surface area contributed by atoms with Crippen LogP contribution < -0.4 is 5.73 Å². The third-order valence-corrected chi connectivity index (χ3v) is 4.14. The number of nitrogens with zero attached hydrogens (tertiary/aromatic N) is 1. The molecule has 2 aliphatic heterocycles. The molecule has 5 nitrogen and oxygen atoms in total. The molecular formula is C8H9ClN2O3S. The first-order chi connectivity index (χ1) is 7.07. The Balaban J connectivity index is 2.38. The lowest BCUT2D eigenvalue weighted by Crippen LogP contribution is -2.68. The van der Waals surface area contributed by atoms with Crippen molar-refractivity contribution in [2.75, 3.05) is 11.6 Å². The number of aliphatic carboxylic acids is 1. The molecule has 1 saturated heterocycles. The molecule has 82 valence electrons. The van der Waals surface area contributed by atoms with E-state index >= 15 is 0 Å². The topological polar surface area (TPSA) is 83.6 Å². The highest BCUT2D eigenvalue weighted by molar-refractivity contribution is 8.00. The summed E-state index contributed by atoms with van der Waals surface area (Å²) in [6.07, 6.45) is 0. The van der Waals surface area contributed by atoms with Crippen LogP contribution >= 0.6 is 23.4 Å². The number of hydrogen-bond donors (Lipinski definition) is 2. The van der Waals surface area contributed by atoms with Crippen LogP contribution in [-0.4, -0.2) is 44.9 Å². The predicted octanol–water partition coefficient (Wildman–Crippen LogP) is -0.194. The fraction of sp³-hybridized carbons (Fsp3) is 0.500. The number of carboxylic acid groups (broad SMARTS) is 1. The number of carbonyl (C=O) groups excluding carboxylic acids is 1. The van der Waals surface area contributed by atoms with Gasteiger partial charge in [0.05, 0.1) is 0 Å².